The third-order valence-electron chi connectivity index (χ3n) is 3.47. The number of anilines is 2. The molecule has 1 saturated heterocycles. The van der Waals surface area contributed by atoms with E-state index in [1.54, 1.807) is 6.20 Å². The molecule has 0 atom stereocenters. The van der Waals surface area contributed by atoms with Crippen LogP contribution in [0.5, 0.6) is 0 Å². The monoisotopic (exact) mass is 276 g/mol. The fourth-order valence-electron chi connectivity index (χ4n) is 2.32. The fraction of sp³-hybridized carbons (Fsp3) is 0.600. The first-order valence-electron chi connectivity index (χ1n) is 7.51. The van der Waals surface area contributed by atoms with Gasteiger partial charge in [0.2, 0.25) is 5.91 Å². The predicted octanol–water partition coefficient (Wildman–Crippen LogP) is 2.33. The van der Waals surface area contributed by atoms with Crippen LogP contribution in [0.15, 0.2) is 18.3 Å². The molecule has 2 heterocycles. The van der Waals surface area contributed by atoms with Crippen molar-refractivity contribution in [3.8, 4) is 0 Å². The summed E-state index contributed by atoms with van der Waals surface area (Å²) in [6.45, 7) is 5.19. The van der Waals surface area contributed by atoms with E-state index >= 15 is 0 Å². The Bertz CT molecular complexity index is 430. The Morgan fingerprint density at radius 3 is 2.85 bits per heavy atom. The average molecular weight is 276 g/mol. The van der Waals surface area contributed by atoms with Gasteiger partial charge in [0.25, 0.3) is 0 Å². The van der Waals surface area contributed by atoms with Crippen LogP contribution in [0.25, 0.3) is 0 Å². The number of carbonyl (C=O) groups is 1. The molecule has 0 bridgehead atoms. The van der Waals surface area contributed by atoms with Gasteiger partial charge in [-0.1, -0.05) is 6.92 Å². The Morgan fingerprint density at radius 1 is 1.30 bits per heavy atom. The molecule has 0 spiro atoms. The lowest BCUT2D eigenvalue weighted by Crippen LogP contribution is -2.39. The molecule has 0 radical (unpaired) electrons. The van der Waals surface area contributed by atoms with Gasteiger partial charge in [-0.15, -0.1) is 0 Å². The minimum atomic E-state index is 0.185. The minimum Gasteiger partial charge on any atom is -0.376 e. The SMILES string of the molecule is CCCNc1cc(NCC(=O)N2CCCCC2)ccn1. The minimum absolute atomic E-state index is 0.185. The largest absolute Gasteiger partial charge is 0.376 e. The Labute approximate surface area is 120 Å². The van der Waals surface area contributed by atoms with Crippen LogP contribution >= 0.6 is 0 Å². The number of pyridine rings is 1. The highest BCUT2D eigenvalue weighted by Crippen LogP contribution is 2.13. The van der Waals surface area contributed by atoms with Crippen LogP contribution in [0.3, 0.4) is 0 Å². The Morgan fingerprint density at radius 2 is 2.10 bits per heavy atom. The van der Waals surface area contributed by atoms with Gasteiger partial charge < -0.3 is 15.5 Å². The van der Waals surface area contributed by atoms with Gasteiger partial charge in [-0.25, -0.2) is 4.98 Å². The zero-order chi connectivity index (χ0) is 14.2. The third-order valence-corrected chi connectivity index (χ3v) is 3.47. The van der Waals surface area contributed by atoms with Crippen LogP contribution in [0.1, 0.15) is 32.6 Å². The van der Waals surface area contributed by atoms with Crippen molar-refractivity contribution in [1.29, 1.82) is 0 Å². The third kappa shape index (κ3) is 4.40. The number of rotatable bonds is 6. The van der Waals surface area contributed by atoms with Gasteiger partial charge in [-0.3, -0.25) is 4.79 Å². The highest BCUT2D eigenvalue weighted by atomic mass is 16.2. The molecule has 5 heteroatoms. The maximum Gasteiger partial charge on any atom is 0.241 e. The highest BCUT2D eigenvalue weighted by Gasteiger charge is 2.15. The average Bonchev–Trinajstić information content (AvgIpc) is 2.52. The smallest absolute Gasteiger partial charge is 0.241 e. The molecule has 1 amide bonds. The summed E-state index contributed by atoms with van der Waals surface area (Å²) in [5.74, 6) is 1.03. The molecule has 2 N–H and O–H groups in total. The van der Waals surface area contributed by atoms with Crippen LogP contribution in [-0.2, 0) is 4.79 Å². The molecule has 0 aromatic carbocycles. The molecule has 2 rings (SSSR count). The zero-order valence-corrected chi connectivity index (χ0v) is 12.2. The molecule has 5 nitrogen and oxygen atoms in total. The second kappa shape index (κ2) is 7.72. The number of nitrogens with zero attached hydrogens (tertiary/aromatic N) is 2. The van der Waals surface area contributed by atoms with Crippen LogP contribution in [0, 0.1) is 0 Å². The lowest BCUT2D eigenvalue weighted by molar-refractivity contribution is -0.130. The van der Waals surface area contributed by atoms with E-state index in [0.717, 1.165) is 50.4 Å². The summed E-state index contributed by atoms with van der Waals surface area (Å²) in [6.07, 6.45) is 6.32. The van der Waals surface area contributed by atoms with Crippen molar-refractivity contribution in [2.75, 3.05) is 36.8 Å². The summed E-state index contributed by atoms with van der Waals surface area (Å²) in [5.41, 5.74) is 0.934. The maximum atomic E-state index is 12.1. The van der Waals surface area contributed by atoms with Crippen molar-refractivity contribution < 1.29 is 4.79 Å². The van der Waals surface area contributed by atoms with Gasteiger partial charge >= 0.3 is 0 Å². The summed E-state index contributed by atoms with van der Waals surface area (Å²) in [5, 5.41) is 6.43. The van der Waals surface area contributed by atoms with Crippen molar-refractivity contribution in [3.63, 3.8) is 0 Å². The first kappa shape index (κ1) is 14.6. The van der Waals surface area contributed by atoms with Crippen molar-refractivity contribution >= 4 is 17.4 Å². The molecule has 1 aliphatic heterocycles. The topological polar surface area (TPSA) is 57.3 Å². The molecule has 0 saturated carbocycles. The molecular weight excluding hydrogens is 252 g/mol. The summed E-state index contributed by atoms with van der Waals surface area (Å²) in [7, 11) is 0. The molecule has 1 aromatic rings. The Balaban J connectivity index is 1.82. The lowest BCUT2D eigenvalue weighted by atomic mass is 10.1. The summed E-state index contributed by atoms with van der Waals surface area (Å²) >= 11 is 0. The van der Waals surface area contributed by atoms with Crippen molar-refractivity contribution in [2.45, 2.75) is 32.6 Å². The van der Waals surface area contributed by atoms with E-state index in [1.165, 1.54) is 6.42 Å². The Kier molecular flexibility index (Phi) is 5.65. The van der Waals surface area contributed by atoms with Crippen molar-refractivity contribution in [1.82, 2.24) is 9.88 Å². The number of hydrogen-bond donors (Lipinski definition) is 2. The second-order valence-corrected chi connectivity index (χ2v) is 5.15. The molecule has 1 fully saturated rings. The van der Waals surface area contributed by atoms with E-state index in [1.807, 2.05) is 17.0 Å². The highest BCUT2D eigenvalue weighted by molar-refractivity contribution is 5.81. The zero-order valence-electron chi connectivity index (χ0n) is 12.2. The van der Waals surface area contributed by atoms with E-state index < -0.39 is 0 Å². The van der Waals surface area contributed by atoms with Gasteiger partial charge in [0.05, 0.1) is 6.54 Å². The van der Waals surface area contributed by atoms with Crippen LogP contribution < -0.4 is 10.6 Å². The number of likely N-dealkylation sites (tertiary alicyclic amines) is 1. The van der Waals surface area contributed by atoms with E-state index in [2.05, 4.69) is 22.5 Å². The van der Waals surface area contributed by atoms with Crippen molar-refractivity contribution in [2.24, 2.45) is 0 Å². The van der Waals surface area contributed by atoms with Gasteiger partial charge in [-0.2, -0.15) is 0 Å². The maximum absolute atomic E-state index is 12.1. The Hall–Kier alpha value is -1.78. The standard InChI is InChI=1S/C15H24N4O/c1-2-7-16-14-11-13(6-8-17-14)18-12-15(20)19-9-4-3-5-10-19/h6,8,11H,2-5,7,9-10,12H2,1H3,(H2,16,17,18). The van der Waals surface area contributed by atoms with Gasteiger partial charge in [0.15, 0.2) is 0 Å². The number of amides is 1. The lowest BCUT2D eigenvalue weighted by Gasteiger charge is -2.26. The van der Waals surface area contributed by atoms with E-state index in [9.17, 15) is 4.79 Å². The molecule has 0 unspecified atom stereocenters. The number of carbonyl (C=O) groups excluding carboxylic acids is 1. The number of hydrogen-bond acceptors (Lipinski definition) is 4. The van der Waals surface area contributed by atoms with Crippen molar-refractivity contribution in [3.05, 3.63) is 18.3 Å². The molecular formula is C15H24N4O. The van der Waals surface area contributed by atoms with Crippen LogP contribution in [-0.4, -0.2) is 42.0 Å². The second-order valence-electron chi connectivity index (χ2n) is 5.15. The number of piperidine rings is 1. The molecule has 1 aromatic heterocycles. The number of aromatic nitrogens is 1. The van der Waals surface area contributed by atoms with Gasteiger partial charge in [0.1, 0.15) is 5.82 Å². The molecule has 20 heavy (non-hydrogen) atoms. The summed E-state index contributed by atoms with van der Waals surface area (Å²) in [6, 6.07) is 3.83. The molecule has 1 aliphatic rings. The van der Waals surface area contributed by atoms with E-state index in [-0.39, 0.29) is 5.91 Å². The molecule has 0 aliphatic carbocycles. The van der Waals surface area contributed by atoms with E-state index in [0.29, 0.717) is 6.54 Å². The number of nitrogens with one attached hydrogen (secondary N) is 2. The van der Waals surface area contributed by atoms with Gasteiger partial charge in [0, 0.05) is 37.6 Å². The van der Waals surface area contributed by atoms with Gasteiger partial charge in [-0.05, 0) is 31.7 Å². The first-order chi connectivity index (χ1) is 9.79. The predicted molar refractivity (Wildman–Crippen MR) is 81.9 cm³/mol. The van der Waals surface area contributed by atoms with Crippen LogP contribution in [0.2, 0.25) is 0 Å². The first-order valence-corrected chi connectivity index (χ1v) is 7.51. The fourth-order valence-corrected chi connectivity index (χ4v) is 2.32. The quantitative estimate of drug-likeness (QED) is 0.837. The van der Waals surface area contributed by atoms with Crippen LogP contribution in [0.4, 0.5) is 11.5 Å². The summed E-state index contributed by atoms with van der Waals surface area (Å²) < 4.78 is 0. The normalized spacial score (nSPS) is 14.9. The van der Waals surface area contributed by atoms with E-state index in [4.69, 9.17) is 0 Å². The summed E-state index contributed by atoms with van der Waals surface area (Å²) in [4.78, 5) is 18.3. The molecule has 110 valence electrons.